The number of hydrogen-bond donors (Lipinski definition) is 2. The van der Waals surface area contributed by atoms with Gasteiger partial charge in [-0.3, -0.25) is 0 Å². The van der Waals surface area contributed by atoms with Crippen LogP contribution in [0.15, 0.2) is 48.9 Å². The average molecular weight is 323 g/mol. The number of nitrogens with zero attached hydrogens (tertiary/aromatic N) is 4. The number of aliphatic hydroxyl groups is 1. The van der Waals surface area contributed by atoms with Crippen molar-refractivity contribution in [2.45, 2.75) is 25.5 Å². The summed E-state index contributed by atoms with van der Waals surface area (Å²) in [6.45, 7) is 2.32. The first-order chi connectivity index (χ1) is 11.8. The van der Waals surface area contributed by atoms with Gasteiger partial charge in [-0.1, -0.05) is 6.07 Å². The van der Waals surface area contributed by atoms with Gasteiger partial charge in [-0.2, -0.15) is 0 Å². The van der Waals surface area contributed by atoms with Gasteiger partial charge in [-0.15, -0.1) is 0 Å². The molecule has 1 fully saturated rings. The van der Waals surface area contributed by atoms with Crippen LogP contribution >= 0.6 is 0 Å². The van der Waals surface area contributed by atoms with Crippen LogP contribution in [-0.4, -0.2) is 38.7 Å². The lowest BCUT2D eigenvalue weighted by molar-refractivity contribution is 0.145. The Labute approximate surface area is 140 Å². The molecule has 0 bridgehead atoms. The number of aromatic nitrogens is 3. The third-order valence-corrected chi connectivity index (χ3v) is 4.42. The molecule has 0 spiro atoms. The fourth-order valence-corrected chi connectivity index (χ4v) is 3.12. The quantitative estimate of drug-likeness (QED) is 0.771. The molecule has 0 amide bonds. The monoisotopic (exact) mass is 323 g/mol. The van der Waals surface area contributed by atoms with Crippen LogP contribution in [0.4, 0.5) is 11.5 Å². The third-order valence-electron chi connectivity index (χ3n) is 4.42. The normalized spacial score (nSPS) is 15.8. The maximum Gasteiger partial charge on any atom is 0.151 e. The Balaban J connectivity index is 1.50. The standard InChI is InChI=1S/C18H21N5O/c24-15-6-10-22(11-7-15)18-16(4-3-8-19-18)20-12-14-13-23-9-2-1-5-17(23)21-14/h1-5,8-9,13,15,20,24H,6-7,10-12H2. The second-order valence-corrected chi connectivity index (χ2v) is 6.14. The highest BCUT2D eigenvalue weighted by Crippen LogP contribution is 2.26. The average Bonchev–Trinajstić information content (AvgIpc) is 3.04. The number of fused-ring (bicyclic) bond motifs is 1. The number of piperidine rings is 1. The van der Waals surface area contributed by atoms with E-state index in [9.17, 15) is 5.11 Å². The topological polar surface area (TPSA) is 65.7 Å². The number of rotatable bonds is 4. The summed E-state index contributed by atoms with van der Waals surface area (Å²) in [6.07, 6.45) is 7.26. The molecule has 1 saturated heterocycles. The number of aliphatic hydroxyl groups excluding tert-OH is 1. The van der Waals surface area contributed by atoms with Crippen LogP contribution in [0, 0.1) is 0 Å². The van der Waals surface area contributed by atoms with Crippen LogP contribution in [0.3, 0.4) is 0 Å². The van der Waals surface area contributed by atoms with E-state index in [1.54, 1.807) is 0 Å². The lowest BCUT2D eigenvalue weighted by atomic mass is 10.1. The van der Waals surface area contributed by atoms with Gasteiger partial charge >= 0.3 is 0 Å². The molecule has 0 saturated carbocycles. The van der Waals surface area contributed by atoms with Crippen molar-refractivity contribution in [3.05, 3.63) is 54.6 Å². The molecule has 6 heteroatoms. The van der Waals surface area contributed by atoms with Crippen molar-refractivity contribution < 1.29 is 5.11 Å². The van der Waals surface area contributed by atoms with Gasteiger partial charge in [-0.05, 0) is 37.1 Å². The SMILES string of the molecule is OC1CCN(c2ncccc2NCc2cn3ccccc3n2)CC1. The van der Waals surface area contributed by atoms with Crippen LogP contribution in [0.25, 0.3) is 5.65 Å². The molecule has 1 aliphatic rings. The van der Waals surface area contributed by atoms with Crippen molar-refractivity contribution in [3.63, 3.8) is 0 Å². The summed E-state index contributed by atoms with van der Waals surface area (Å²) >= 11 is 0. The smallest absolute Gasteiger partial charge is 0.151 e. The summed E-state index contributed by atoms with van der Waals surface area (Å²) in [7, 11) is 0. The zero-order valence-corrected chi connectivity index (χ0v) is 13.5. The zero-order chi connectivity index (χ0) is 16.4. The Morgan fingerprint density at radius 2 is 2.04 bits per heavy atom. The Hall–Kier alpha value is -2.60. The van der Waals surface area contributed by atoms with Crippen molar-refractivity contribution in [1.82, 2.24) is 14.4 Å². The van der Waals surface area contributed by atoms with Gasteiger partial charge in [0, 0.05) is 31.7 Å². The predicted octanol–water partition coefficient (Wildman–Crippen LogP) is 2.30. The number of hydrogen-bond acceptors (Lipinski definition) is 5. The van der Waals surface area contributed by atoms with E-state index in [1.165, 1.54) is 0 Å². The number of nitrogens with one attached hydrogen (secondary N) is 1. The minimum atomic E-state index is -0.181. The van der Waals surface area contributed by atoms with Crippen LogP contribution < -0.4 is 10.2 Å². The molecule has 4 heterocycles. The minimum absolute atomic E-state index is 0.181. The van der Waals surface area contributed by atoms with Gasteiger partial charge < -0.3 is 19.7 Å². The van der Waals surface area contributed by atoms with Gasteiger partial charge in [0.25, 0.3) is 0 Å². The van der Waals surface area contributed by atoms with Crippen LogP contribution in [0.1, 0.15) is 18.5 Å². The van der Waals surface area contributed by atoms with Gasteiger partial charge in [-0.25, -0.2) is 9.97 Å². The number of pyridine rings is 2. The first-order valence-electron chi connectivity index (χ1n) is 8.34. The maximum atomic E-state index is 9.69. The Bertz CT molecular complexity index is 790. The summed E-state index contributed by atoms with van der Waals surface area (Å²) in [5, 5.41) is 13.1. The van der Waals surface area contributed by atoms with E-state index >= 15 is 0 Å². The third kappa shape index (κ3) is 3.05. The van der Waals surface area contributed by atoms with Gasteiger partial charge in [0.1, 0.15) is 5.65 Å². The van der Waals surface area contributed by atoms with Crippen molar-refractivity contribution in [2.24, 2.45) is 0 Å². The van der Waals surface area contributed by atoms with E-state index in [2.05, 4.69) is 20.2 Å². The first-order valence-corrected chi connectivity index (χ1v) is 8.34. The van der Waals surface area contributed by atoms with E-state index in [-0.39, 0.29) is 6.10 Å². The predicted molar refractivity (Wildman–Crippen MR) is 94.2 cm³/mol. The zero-order valence-electron chi connectivity index (χ0n) is 13.5. The molecule has 124 valence electrons. The minimum Gasteiger partial charge on any atom is -0.393 e. The van der Waals surface area contributed by atoms with Crippen molar-refractivity contribution in [1.29, 1.82) is 0 Å². The summed E-state index contributed by atoms with van der Waals surface area (Å²) in [4.78, 5) is 11.4. The molecule has 4 rings (SSSR count). The molecule has 0 aromatic carbocycles. The maximum absolute atomic E-state index is 9.69. The van der Waals surface area contributed by atoms with E-state index in [0.29, 0.717) is 6.54 Å². The number of imidazole rings is 1. The Morgan fingerprint density at radius 1 is 1.17 bits per heavy atom. The Kier molecular flexibility index (Phi) is 4.04. The van der Waals surface area contributed by atoms with Crippen LogP contribution in [0.2, 0.25) is 0 Å². The van der Waals surface area contributed by atoms with E-state index < -0.39 is 0 Å². The lowest BCUT2D eigenvalue weighted by Crippen LogP contribution is -2.36. The fraction of sp³-hybridized carbons (Fsp3) is 0.333. The van der Waals surface area contributed by atoms with Gasteiger partial charge in [0.05, 0.1) is 24.0 Å². The van der Waals surface area contributed by atoms with Crippen LogP contribution in [0.5, 0.6) is 0 Å². The second kappa shape index (κ2) is 6.49. The van der Waals surface area contributed by atoms with Gasteiger partial charge in [0.2, 0.25) is 0 Å². The highest BCUT2D eigenvalue weighted by Gasteiger charge is 2.20. The summed E-state index contributed by atoms with van der Waals surface area (Å²) in [6, 6.07) is 9.97. The van der Waals surface area contributed by atoms with Crippen LogP contribution in [-0.2, 0) is 6.54 Å². The van der Waals surface area contributed by atoms with Crippen molar-refractivity contribution in [3.8, 4) is 0 Å². The molecule has 3 aromatic rings. The molecule has 2 N–H and O–H groups in total. The van der Waals surface area contributed by atoms with E-state index in [0.717, 1.165) is 48.8 Å². The molecule has 1 aliphatic heterocycles. The molecule has 6 nitrogen and oxygen atoms in total. The van der Waals surface area contributed by atoms with Gasteiger partial charge in [0.15, 0.2) is 5.82 Å². The fourth-order valence-electron chi connectivity index (χ4n) is 3.12. The molecular weight excluding hydrogens is 302 g/mol. The lowest BCUT2D eigenvalue weighted by Gasteiger charge is -2.31. The van der Waals surface area contributed by atoms with E-state index in [1.807, 2.05) is 53.3 Å². The van der Waals surface area contributed by atoms with Crippen molar-refractivity contribution >= 4 is 17.2 Å². The highest BCUT2D eigenvalue weighted by atomic mass is 16.3. The molecule has 0 atom stereocenters. The largest absolute Gasteiger partial charge is 0.393 e. The molecule has 3 aromatic heterocycles. The molecule has 0 aliphatic carbocycles. The second-order valence-electron chi connectivity index (χ2n) is 6.14. The molecule has 0 radical (unpaired) electrons. The summed E-state index contributed by atoms with van der Waals surface area (Å²) in [5.74, 6) is 0.952. The van der Waals surface area contributed by atoms with E-state index in [4.69, 9.17) is 0 Å². The molecule has 24 heavy (non-hydrogen) atoms. The highest BCUT2D eigenvalue weighted by molar-refractivity contribution is 5.65. The first kappa shape index (κ1) is 15.0. The molecule has 0 unspecified atom stereocenters. The Morgan fingerprint density at radius 3 is 2.88 bits per heavy atom. The number of anilines is 2. The summed E-state index contributed by atoms with van der Waals surface area (Å²) in [5.41, 5.74) is 2.95. The molecular formula is C18H21N5O. The van der Waals surface area contributed by atoms with Crippen molar-refractivity contribution in [2.75, 3.05) is 23.3 Å². The summed E-state index contributed by atoms with van der Waals surface area (Å²) < 4.78 is 2.02.